The summed E-state index contributed by atoms with van der Waals surface area (Å²) in [6.07, 6.45) is 6.21. The number of aryl methyl sites for hydroxylation is 1. The summed E-state index contributed by atoms with van der Waals surface area (Å²) >= 11 is 1.49. The number of nitrogens with zero attached hydrogens (tertiary/aromatic N) is 3. The zero-order valence-electron chi connectivity index (χ0n) is 16.7. The average Bonchev–Trinajstić information content (AvgIpc) is 3.46. The highest BCUT2D eigenvalue weighted by Gasteiger charge is 2.39. The third kappa shape index (κ3) is 3.85. The summed E-state index contributed by atoms with van der Waals surface area (Å²) in [5.74, 6) is -1.15. The minimum Gasteiger partial charge on any atom is -0.457 e. The van der Waals surface area contributed by atoms with Crippen molar-refractivity contribution in [3.8, 4) is 5.13 Å². The van der Waals surface area contributed by atoms with E-state index in [4.69, 9.17) is 4.74 Å². The normalized spacial score (nSPS) is 19.9. The standard InChI is InChI=1S/C21H25N3O4S/c1-13-9-17(14(2)24(13)21-22-7-8-29-21)18(25)12-28-20(27)15-10-19(26)23(11-15)16-5-3-4-6-16/h7-9,15-16H,3-6,10-12H2,1-2H3/t15-/m1/s1. The van der Waals surface area contributed by atoms with E-state index in [1.54, 1.807) is 12.3 Å². The van der Waals surface area contributed by atoms with E-state index in [0.717, 1.165) is 42.2 Å². The molecule has 0 bridgehead atoms. The highest BCUT2D eigenvalue weighted by atomic mass is 32.1. The first-order valence-corrected chi connectivity index (χ1v) is 10.9. The number of Topliss-reactive ketones (excluding diaryl/α,β-unsaturated/α-hetero) is 1. The Morgan fingerprint density at radius 1 is 1.28 bits per heavy atom. The van der Waals surface area contributed by atoms with Crippen LogP contribution in [0.3, 0.4) is 0 Å². The molecule has 7 nitrogen and oxygen atoms in total. The molecular formula is C21H25N3O4S. The molecule has 2 aromatic rings. The number of amides is 1. The predicted molar refractivity (Wildman–Crippen MR) is 108 cm³/mol. The fraction of sp³-hybridized carbons (Fsp3) is 0.524. The van der Waals surface area contributed by atoms with Gasteiger partial charge in [0.2, 0.25) is 11.7 Å². The summed E-state index contributed by atoms with van der Waals surface area (Å²) in [6, 6.07) is 2.06. The fourth-order valence-electron chi connectivity index (χ4n) is 4.46. The highest BCUT2D eigenvalue weighted by Crippen LogP contribution is 2.30. The topological polar surface area (TPSA) is 81.5 Å². The first-order chi connectivity index (χ1) is 14.0. The highest BCUT2D eigenvalue weighted by molar-refractivity contribution is 7.12. The van der Waals surface area contributed by atoms with Gasteiger partial charge in [0.05, 0.1) is 5.92 Å². The van der Waals surface area contributed by atoms with Crippen LogP contribution in [0.4, 0.5) is 0 Å². The van der Waals surface area contributed by atoms with Crippen molar-refractivity contribution >= 4 is 29.0 Å². The maximum atomic E-state index is 12.7. The molecule has 0 aromatic carbocycles. The number of esters is 1. The van der Waals surface area contributed by atoms with Crippen molar-refractivity contribution in [1.29, 1.82) is 0 Å². The van der Waals surface area contributed by atoms with Gasteiger partial charge in [0.15, 0.2) is 11.7 Å². The zero-order chi connectivity index (χ0) is 20.5. The van der Waals surface area contributed by atoms with E-state index in [-0.39, 0.29) is 30.8 Å². The number of rotatable bonds is 6. The van der Waals surface area contributed by atoms with Gasteiger partial charge in [-0.25, -0.2) is 4.98 Å². The van der Waals surface area contributed by atoms with Crippen LogP contribution in [0.25, 0.3) is 5.13 Å². The Kier molecular flexibility index (Phi) is 5.54. The third-order valence-electron chi connectivity index (χ3n) is 5.94. The van der Waals surface area contributed by atoms with E-state index in [1.165, 1.54) is 11.3 Å². The van der Waals surface area contributed by atoms with Crippen LogP contribution in [0.1, 0.15) is 53.8 Å². The molecule has 1 saturated heterocycles. The molecule has 1 amide bonds. The maximum absolute atomic E-state index is 12.7. The number of hydrogen-bond acceptors (Lipinski definition) is 6. The largest absolute Gasteiger partial charge is 0.457 e. The van der Waals surface area contributed by atoms with Gasteiger partial charge in [0.1, 0.15) is 0 Å². The molecule has 0 unspecified atom stereocenters. The number of thiazole rings is 1. The lowest BCUT2D eigenvalue weighted by Gasteiger charge is -2.23. The molecule has 0 radical (unpaired) electrons. The second-order valence-corrected chi connectivity index (χ2v) is 8.72. The number of ether oxygens (including phenoxy) is 1. The maximum Gasteiger partial charge on any atom is 0.311 e. The van der Waals surface area contributed by atoms with Gasteiger partial charge < -0.3 is 9.64 Å². The average molecular weight is 416 g/mol. The minimum atomic E-state index is -0.473. The first-order valence-electron chi connectivity index (χ1n) is 10.0. The molecule has 2 aromatic heterocycles. The van der Waals surface area contributed by atoms with Crippen LogP contribution in [0, 0.1) is 19.8 Å². The summed E-state index contributed by atoms with van der Waals surface area (Å²) in [6.45, 7) is 3.88. The van der Waals surface area contributed by atoms with Crippen LogP contribution in [0.2, 0.25) is 0 Å². The summed E-state index contributed by atoms with van der Waals surface area (Å²) in [5.41, 5.74) is 2.21. The number of carbonyl (C=O) groups is 3. The molecule has 8 heteroatoms. The molecule has 1 atom stereocenters. The summed E-state index contributed by atoms with van der Waals surface area (Å²) in [7, 11) is 0. The van der Waals surface area contributed by atoms with Crippen LogP contribution in [-0.2, 0) is 14.3 Å². The van der Waals surface area contributed by atoms with E-state index in [2.05, 4.69) is 4.98 Å². The first kappa shape index (κ1) is 19.8. The van der Waals surface area contributed by atoms with Crippen molar-refractivity contribution in [2.45, 2.75) is 52.0 Å². The molecule has 4 rings (SSSR count). The molecule has 2 fully saturated rings. The lowest BCUT2D eigenvalue weighted by molar-refractivity contribution is -0.147. The van der Waals surface area contributed by atoms with E-state index in [9.17, 15) is 14.4 Å². The van der Waals surface area contributed by atoms with E-state index >= 15 is 0 Å². The SMILES string of the molecule is Cc1cc(C(=O)COC(=O)[C@@H]2CC(=O)N(C3CCCC3)C2)c(C)n1-c1nccs1. The van der Waals surface area contributed by atoms with Crippen molar-refractivity contribution in [2.75, 3.05) is 13.2 Å². The predicted octanol–water partition coefficient (Wildman–Crippen LogP) is 3.07. The van der Waals surface area contributed by atoms with Gasteiger partial charge in [0, 0.05) is 47.5 Å². The van der Waals surface area contributed by atoms with E-state index < -0.39 is 11.9 Å². The quantitative estimate of drug-likeness (QED) is 0.535. The Bertz CT molecular complexity index is 928. The summed E-state index contributed by atoms with van der Waals surface area (Å²) in [4.78, 5) is 43.6. The van der Waals surface area contributed by atoms with Crippen LogP contribution >= 0.6 is 11.3 Å². The van der Waals surface area contributed by atoms with Crippen LogP contribution in [0.5, 0.6) is 0 Å². The molecule has 154 valence electrons. The third-order valence-corrected chi connectivity index (χ3v) is 6.70. The Hall–Kier alpha value is -2.48. The van der Waals surface area contributed by atoms with Crippen LogP contribution < -0.4 is 0 Å². The molecule has 2 aliphatic rings. The van der Waals surface area contributed by atoms with Crippen molar-refractivity contribution in [3.63, 3.8) is 0 Å². The Labute approximate surface area is 173 Å². The fourth-order valence-corrected chi connectivity index (χ4v) is 5.21. The molecular weight excluding hydrogens is 390 g/mol. The van der Waals surface area contributed by atoms with Crippen molar-refractivity contribution in [3.05, 3.63) is 34.6 Å². The lowest BCUT2D eigenvalue weighted by Crippen LogP contribution is -2.35. The Morgan fingerprint density at radius 2 is 2.03 bits per heavy atom. The van der Waals surface area contributed by atoms with Gasteiger partial charge in [-0.1, -0.05) is 12.8 Å². The van der Waals surface area contributed by atoms with Crippen LogP contribution in [-0.4, -0.2) is 51.3 Å². The van der Waals surface area contributed by atoms with Gasteiger partial charge >= 0.3 is 5.97 Å². The smallest absolute Gasteiger partial charge is 0.311 e. The minimum absolute atomic E-state index is 0.0252. The number of carbonyl (C=O) groups excluding carboxylic acids is 3. The van der Waals surface area contributed by atoms with Crippen molar-refractivity contribution in [2.24, 2.45) is 5.92 Å². The van der Waals surface area contributed by atoms with E-state index in [0.29, 0.717) is 12.1 Å². The zero-order valence-corrected chi connectivity index (χ0v) is 17.5. The van der Waals surface area contributed by atoms with Gasteiger partial charge in [-0.05, 0) is 32.8 Å². The molecule has 3 heterocycles. The van der Waals surface area contributed by atoms with E-state index in [1.807, 2.05) is 28.7 Å². The Morgan fingerprint density at radius 3 is 2.72 bits per heavy atom. The summed E-state index contributed by atoms with van der Waals surface area (Å²) in [5, 5.41) is 2.68. The molecule has 0 spiro atoms. The van der Waals surface area contributed by atoms with Crippen molar-refractivity contribution < 1.29 is 19.1 Å². The van der Waals surface area contributed by atoms with Gasteiger partial charge in [0.25, 0.3) is 0 Å². The molecule has 0 N–H and O–H groups in total. The van der Waals surface area contributed by atoms with Crippen LogP contribution in [0.15, 0.2) is 17.6 Å². The number of ketones is 1. The lowest BCUT2D eigenvalue weighted by atomic mass is 10.1. The molecule has 1 saturated carbocycles. The second-order valence-electron chi connectivity index (χ2n) is 7.85. The molecule has 1 aliphatic heterocycles. The molecule has 1 aliphatic carbocycles. The van der Waals surface area contributed by atoms with Crippen molar-refractivity contribution in [1.82, 2.24) is 14.5 Å². The number of aromatic nitrogens is 2. The second kappa shape index (κ2) is 8.10. The van der Waals surface area contributed by atoms with Gasteiger partial charge in [-0.15, -0.1) is 11.3 Å². The number of likely N-dealkylation sites (tertiary alicyclic amines) is 1. The van der Waals surface area contributed by atoms with Gasteiger partial charge in [-0.3, -0.25) is 19.0 Å². The van der Waals surface area contributed by atoms with Gasteiger partial charge in [-0.2, -0.15) is 0 Å². The monoisotopic (exact) mass is 415 g/mol. The Balaban J connectivity index is 1.37. The summed E-state index contributed by atoms with van der Waals surface area (Å²) < 4.78 is 7.23. The number of hydrogen-bond donors (Lipinski definition) is 0. The molecule has 29 heavy (non-hydrogen) atoms.